The van der Waals surface area contributed by atoms with Crippen LogP contribution in [0, 0.1) is 11.7 Å². The minimum atomic E-state index is -0.348. The minimum Gasteiger partial charge on any atom is -0.395 e. The second-order valence-electron chi connectivity index (χ2n) is 4.71. The molecule has 2 rings (SSSR count). The first-order valence-corrected chi connectivity index (χ1v) is 7.08. The SMILES string of the molecule is Cc1n[nH]c(=S)n(N=Cc2ccc(N(C)CCO)cc2)c1=O. The molecule has 22 heavy (non-hydrogen) atoms. The Morgan fingerprint density at radius 1 is 1.45 bits per heavy atom. The van der Waals surface area contributed by atoms with E-state index in [-0.39, 0.29) is 16.9 Å². The summed E-state index contributed by atoms with van der Waals surface area (Å²) in [4.78, 5) is 13.8. The quantitative estimate of drug-likeness (QED) is 0.632. The Bertz CT molecular complexity index is 779. The summed E-state index contributed by atoms with van der Waals surface area (Å²) < 4.78 is 1.25. The Hall–Kier alpha value is -2.32. The van der Waals surface area contributed by atoms with Crippen molar-refractivity contribution in [3.05, 3.63) is 50.6 Å². The minimum absolute atomic E-state index is 0.0993. The van der Waals surface area contributed by atoms with E-state index < -0.39 is 0 Å². The van der Waals surface area contributed by atoms with Crippen molar-refractivity contribution in [1.29, 1.82) is 0 Å². The van der Waals surface area contributed by atoms with Gasteiger partial charge in [0.1, 0.15) is 5.69 Å². The molecule has 0 aliphatic carbocycles. The lowest BCUT2D eigenvalue weighted by atomic mass is 10.2. The van der Waals surface area contributed by atoms with Gasteiger partial charge in [-0.15, -0.1) is 0 Å². The largest absolute Gasteiger partial charge is 0.395 e. The van der Waals surface area contributed by atoms with Gasteiger partial charge in [0.15, 0.2) is 0 Å². The maximum Gasteiger partial charge on any atom is 0.296 e. The summed E-state index contributed by atoms with van der Waals surface area (Å²) in [6.07, 6.45) is 1.56. The van der Waals surface area contributed by atoms with Gasteiger partial charge in [0.25, 0.3) is 5.56 Å². The first-order valence-electron chi connectivity index (χ1n) is 6.67. The number of H-pyrrole nitrogens is 1. The van der Waals surface area contributed by atoms with Crippen molar-refractivity contribution in [3.8, 4) is 0 Å². The number of hydrogen-bond acceptors (Lipinski definition) is 6. The Morgan fingerprint density at radius 2 is 2.14 bits per heavy atom. The van der Waals surface area contributed by atoms with E-state index in [9.17, 15) is 4.79 Å². The maximum atomic E-state index is 11.9. The molecule has 0 spiro atoms. The van der Waals surface area contributed by atoms with Crippen LogP contribution in [0.4, 0.5) is 5.69 Å². The second-order valence-corrected chi connectivity index (χ2v) is 5.10. The topological polar surface area (TPSA) is 86.5 Å². The first-order chi connectivity index (χ1) is 10.5. The van der Waals surface area contributed by atoms with Crippen LogP contribution in [0.15, 0.2) is 34.2 Å². The molecule has 2 aromatic rings. The van der Waals surface area contributed by atoms with E-state index in [1.54, 1.807) is 13.1 Å². The number of anilines is 1. The number of aromatic amines is 1. The number of aromatic nitrogens is 3. The summed E-state index contributed by atoms with van der Waals surface area (Å²) in [6, 6.07) is 7.58. The molecule has 0 atom stereocenters. The molecule has 1 aromatic carbocycles. The lowest BCUT2D eigenvalue weighted by molar-refractivity contribution is 0.304. The number of likely N-dealkylation sites (N-methyl/N-ethyl adjacent to an activating group) is 1. The van der Waals surface area contributed by atoms with Crippen molar-refractivity contribution >= 4 is 24.1 Å². The molecule has 7 nitrogen and oxygen atoms in total. The van der Waals surface area contributed by atoms with E-state index in [1.807, 2.05) is 36.2 Å². The number of rotatable bonds is 5. The summed E-state index contributed by atoms with van der Waals surface area (Å²) in [5.74, 6) is 0. The Kier molecular flexibility index (Phi) is 5.18. The monoisotopic (exact) mass is 319 g/mol. The number of aryl methyl sites for hydroxylation is 1. The fourth-order valence-electron chi connectivity index (χ4n) is 1.80. The number of nitrogens with one attached hydrogen (secondary N) is 1. The molecular weight excluding hydrogens is 302 g/mol. The molecule has 1 aromatic heterocycles. The first kappa shape index (κ1) is 16.1. The van der Waals surface area contributed by atoms with Crippen LogP contribution in [0.25, 0.3) is 0 Å². The van der Waals surface area contributed by atoms with Gasteiger partial charge in [0.05, 0.1) is 12.8 Å². The van der Waals surface area contributed by atoms with Crippen LogP contribution >= 0.6 is 12.2 Å². The highest BCUT2D eigenvalue weighted by Gasteiger charge is 2.02. The van der Waals surface area contributed by atoms with Crippen molar-refractivity contribution in [2.45, 2.75) is 6.92 Å². The maximum absolute atomic E-state index is 11.9. The van der Waals surface area contributed by atoms with E-state index in [4.69, 9.17) is 17.3 Å². The number of nitrogens with zero attached hydrogens (tertiary/aromatic N) is 4. The predicted octanol–water partition coefficient (Wildman–Crippen LogP) is 0.920. The standard InChI is InChI=1S/C14H17N5O2S/c1-10-13(21)19(14(22)17-16-10)15-9-11-3-5-12(6-4-11)18(2)7-8-20/h3-6,9,20H,7-8H2,1-2H3,(H,17,22). The van der Waals surface area contributed by atoms with Gasteiger partial charge in [0, 0.05) is 19.3 Å². The molecule has 0 bridgehead atoms. The van der Waals surface area contributed by atoms with Gasteiger partial charge >= 0.3 is 0 Å². The van der Waals surface area contributed by atoms with Crippen molar-refractivity contribution in [2.24, 2.45) is 5.10 Å². The molecule has 2 N–H and O–H groups in total. The Morgan fingerprint density at radius 3 is 2.77 bits per heavy atom. The average molecular weight is 319 g/mol. The highest BCUT2D eigenvalue weighted by molar-refractivity contribution is 7.71. The third kappa shape index (κ3) is 3.66. The molecule has 8 heteroatoms. The molecule has 0 unspecified atom stereocenters. The van der Waals surface area contributed by atoms with Gasteiger partial charge in [-0.1, -0.05) is 12.1 Å². The number of hydrogen-bond donors (Lipinski definition) is 2. The van der Waals surface area contributed by atoms with Gasteiger partial charge < -0.3 is 10.0 Å². The fraction of sp³-hybridized carbons (Fsp3) is 0.286. The summed E-state index contributed by atoms with van der Waals surface area (Å²) in [6.45, 7) is 2.25. The van der Waals surface area contributed by atoms with Gasteiger partial charge in [-0.25, -0.2) is 0 Å². The third-order valence-corrected chi connectivity index (χ3v) is 3.37. The summed E-state index contributed by atoms with van der Waals surface area (Å²) >= 11 is 5.00. The summed E-state index contributed by atoms with van der Waals surface area (Å²) in [5.41, 5.74) is 1.77. The lowest BCUT2D eigenvalue weighted by Gasteiger charge is -2.17. The number of aliphatic hydroxyl groups excluding tert-OH is 1. The van der Waals surface area contributed by atoms with Crippen LogP contribution < -0.4 is 10.5 Å². The van der Waals surface area contributed by atoms with Crippen LogP contribution in [-0.2, 0) is 0 Å². The predicted molar refractivity (Wildman–Crippen MR) is 88.2 cm³/mol. The fourth-order valence-corrected chi connectivity index (χ4v) is 1.97. The molecule has 0 aliphatic rings. The highest BCUT2D eigenvalue weighted by atomic mass is 32.1. The van der Waals surface area contributed by atoms with Crippen LogP contribution in [0.2, 0.25) is 0 Å². The van der Waals surface area contributed by atoms with E-state index >= 15 is 0 Å². The van der Waals surface area contributed by atoms with Crippen LogP contribution in [0.3, 0.4) is 0 Å². The third-order valence-electron chi connectivity index (χ3n) is 3.11. The Labute approximate surface area is 132 Å². The van der Waals surface area contributed by atoms with Gasteiger partial charge in [0.2, 0.25) is 4.77 Å². The van der Waals surface area contributed by atoms with Gasteiger partial charge in [-0.05, 0) is 36.8 Å². The zero-order valence-corrected chi connectivity index (χ0v) is 13.2. The van der Waals surface area contributed by atoms with Crippen molar-refractivity contribution in [2.75, 3.05) is 25.1 Å². The van der Waals surface area contributed by atoms with E-state index in [0.717, 1.165) is 15.9 Å². The molecule has 0 radical (unpaired) electrons. The van der Waals surface area contributed by atoms with E-state index in [2.05, 4.69) is 15.3 Å². The Balaban J connectivity index is 2.23. The van der Waals surface area contributed by atoms with Gasteiger partial charge in [-0.3, -0.25) is 9.89 Å². The van der Waals surface area contributed by atoms with E-state index in [1.165, 1.54) is 0 Å². The molecule has 0 saturated heterocycles. The van der Waals surface area contributed by atoms with Crippen LogP contribution in [0.1, 0.15) is 11.3 Å². The van der Waals surface area contributed by atoms with E-state index in [0.29, 0.717) is 12.2 Å². The lowest BCUT2D eigenvalue weighted by Crippen LogP contribution is -2.22. The molecule has 0 saturated carbocycles. The summed E-state index contributed by atoms with van der Waals surface area (Å²) in [5, 5.41) is 19.4. The smallest absolute Gasteiger partial charge is 0.296 e. The zero-order valence-electron chi connectivity index (χ0n) is 12.4. The molecule has 0 aliphatic heterocycles. The van der Waals surface area contributed by atoms with Crippen molar-refractivity contribution < 1.29 is 5.11 Å². The molecule has 116 valence electrons. The molecule has 0 amide bonds. The van der Waals surface area contributed by atoms with Crippen molar-refractivity contribution in [3.63, 3.8) is 0 Å². The second kappa shape index (κ2) is 7.10. The average Bonchev–Trinajstić information content (AvgIpc) is 2.52. The molecule has 0 fully saturated rings. The summed E-state index contributed by atoms with van der Waals surface area (Å²) in [7, 11) is 1.90. The normalized spacial score (nSPS) is 11.0. The highest BCUT2D eigenvalue weighted by Crippen LogP contribution is 2.12. The van der Waals surface area contributed by atoms with Crippen LogP contribution in [-0.4, -0.2) is 46.4 Å². The van der Waals surface area contributed by atoms with Gasteiger partial charge in [-0.2, -0.15) is 14.9 Å². The van der Waals surface area contributed by atoms with Crippen LogP contribution in [0.5, 0.6) is 0 Å². The zero-order chi connectivity index (χ0) is 16.1. The molecule has 1 heterocycles. The number of aliphatic hydroxyl groups is 1. The van der Waals surface area contributed by atoms with Crippen molar-refractivity contribution in [1.82, 2.24) is 14.9 Å². The molecular formula is C14H17N5O2S. The number of benzene rings is 1.